The molecule has 0 bridgehead atoms. The van der Waals surface area contributed by atoms with E-state index in [1.807, 2.05) is 0 Å². The van der Waals surface area contributed by atoms with Gasteiger partial charge in [0.25, 0.3) is 0 Å². The van der Waals surface area contributed by atoms with E-state index in [2.05, 4.69) is 10.1 Å². The lowest BCUT2D eigenvalue weighted by Crippen LogP contribution is -2.04. The van der Waals surface area contributed by atoms with Crippen molar-refractivity contribution in [1.82, 2.24) is 14.6 Å². The third kappa shape index (κ3) is 4.23. The van der Waals surface area contributed by atoms with Crippen LogP contribution in [0, 0.1) is 11.6 Å². The number of pyridine rings is 1. The van der Waals surface area contributed by atoms with Crippen molar-refractivity contribution in [2.24, 2.45) is 0 Å². The van der Waals surface area contributed by atoms with Crippen molar-refractivity contribution in [2.45, 2.75) is 18.9 Å². The molecule has 0 amide bonds. The monoisotopic (exact) mass is 410 g/mol. The Morgan fingerprint density at radius 1 is 1.10 bits per heavy atom. The van der Waals surface area contributed by atoms with Crippen molar-refractivity contribution in [3.05, 3.63) is 78.0 Å². The highest BCUT2D eigenvalue weighted by Gasteiger charge is 2.13. The average Bonchev–Trinajstić information content (AvgIpc) is 3.11. The third-order valence-corrected chi connectivity index (χ3v) is 4.76. The number of halogens is 2. The normalized spacial score (nSPS) is 12.2. The van der Waals surface area contributed by atoms with Gasteiger partial charge in [-0.1, -0.05) is 24.3 Å². The largest absolute Gasteiger partial charge is 0.490 e. The molecule has 2 aromatic carbocycles. The van der Waals surface area contributed by atoms with Crippen LogP contribution in [0.15, 0.2) is 60.8 Å². The first-order chi connectivity index (χ1) is 14.5. The minimum atomic E-state index is -0.729. The fraction of sp³-hybridized carbons (Fsp3) is 0.182. The summed E-state index contributed by atoms with van der Waals surface area (Å²) in [6, 6.07) is 14.1. The SMILES string of the molecule is Nc1nc2cc(-c3cccc(OCCC[C@@H](O)c4ccc(F)cc4)c3F)ccn2n1. The van der Waals surface area contributed by atoms with Gasteiger partial charge in [0, 0.05) is 11.8 Å². The van der Waals surface area contributed by atoms with E-state index in [0.29, 0.717) is 35.2 Å². The van der Waals surface area contributed by atoms with E-state index in [1.54, 1.807) is 48.7 Å². The molecule has 8 heteroatoms. The van der Waals surface area contributed by atoms with Gasteiger partial charge >= 0.3 is 0 Å². The van der Waals surface area contributed by atoms with Crippen molar-refractivity contribution in [1.29, 1.82) is 0 Å². The number of nitrogens with two attached hydrogens (primary N) is 1. The number of aliphatic hydroxyl groups excluding tert-OH is 1. The third-order valence-electron chi connectivity index (χ3n) is 4.76. The summed E-state index contributed by atoms with van der Waals surface area (Å²) in [6.45, 7) is 0.234. The molecule has 0 saturated heterocycles. The molecule has 4 aromatic rings. The van der Waals surface area contributed by atoms with E-state index in [9.17, 15) is 13.9 Å². The smallest absolute Gasteiger partial charge is 0.240 e. The van der Waals surface area contributed by atoms with Crippen LogP contribution in [0.4, 0.5) is 14.7 Å². The topological polar surface area (TPSA) is 85.7 Å². The van der Waals surface area contributed by atoms with Gasteiger partial charge in [0.1, 0.15) is 5.82 Å². The molecule has 4 rings (SSSR count). The molecule has 0 aliphatic rings. The molecule has 0 aliphatic heterocycles. The quantitative estimate of drug-likeness (QED) is 0.447. The van der Waals surface area contributed by atoms with Crippen LogP contribution in [0.2, 0.25) is 0 Å². The Labute approximate surface area is 171 Å². The van der Waals surface area contributed by atoms with Gasteiger partial charge in [-0.15, -0.1) is 5.10 Å². The Morgan fingerprint density at radius 2 is 1.90 bits per heavy atom. The maximum Gasteiger partial charge on any atom is 0.240 e. The van der Waals surface area contributed by atoms with E-state index in [-0.39, 0.29) is 24.1 Å². The van der Waals surface area contributed by atoms with Gasteiger partial charge in [-0.3, -0.25) is 0 Å². The molecule has 2 aromatic heterocycles. The second-order valence-corrected chi connectivity index (χ2v) is 6.86. The number of rotatable bonds is 7. The Hall–Kier alpha value is -3.52. The molecule has 0 fully saturated rings. The molecule has 0 aliphatic carbocycles. The van der Waals surface area contributed by atoms with Gasteiger partial charge in [-0.05, 0) is 54.3 Å². The first-order valence-electron chi connectivity index (χ1n) is 9.48. The number of ether oxygens (including phenoxy) is 1. The van der Waals surface area contributed by atoms with E-state index in [1.165, 1.54) is 16.6 Å². The van der Waals surface area contributed by atoms with Crippen LogP contribution < -0.4 is 10.5 Å². The van der Waals surface area contributed by atoms with Gasteiger partial charge in [0.15, 0.2) is 17.2 Å². The molecule has 2 heterocycles. The first-order valence-corrected chi connectivity index (χ1v) is 9.48. The number of benzene rings is 2. The summed E-state index contributed by atoms with van der Waals surface area (Å²) < 4.78 is 35.1. The Balaban J connectivity index is 1.40. The lowest BCUT2D eigenvalue weighted by Gasteiger charge is -2.13. The van der Waals surface area contributed by atoms with Gasteiger partial charge in [-0.25, -0.2) is 13.3 Å². The van der Waals surface area contributed by atoms with E-state index in [4.69, 9.17) is 10.5 Å². The maximum atomic E-state index is 15.0. The van der Waals surface area contributed by atoms with Gasteiger partial charge in [0.2, 0.25) is 5.95 Å². The maximum absolute atomic E-state index is 15.0. The molecule has 30 heavy (non-hydrogen) atoms. The molecule has 154 valence electrons. The van der Waals surface area contributed by atoms with Crippen LogP contribution in [-0.2, 0) is 0 Å². The van der Waals surface area contributed by atoms with Crippen molar-refractivity contribution in [3.8, 4) is 16.9 Å². The zero-order valence-electron chi connectivity index (χ0n) is 16.0. The van der Waals surface area contributed by atoms with Crippen LogP contribution in [-0.4, -0.2) is 26.3 Å². The minimum absolute atomic E-state index is 0.129. The highest BCUT2D eigenvalue weighted by molar-refractivity contribution is 5.69. The Bertz CT molecular complexity index is 1160. The van der Waals surface area contributed by atoms with E-state index in [0.717, 1.165) is 0 Å². The predicted molar refractivity (Wildman–Crippen MR) is 109 cm³/mol. The summed E-state index contributed by atoms with van der Waals surface area (Å²) in [7, 11) is 0. The molecule has 3 N–H and O–H groups in total. The van der Waals surface area contributed by atoms with Crippen molar-refractivity contribution >= 4 is 11.6 Å². The lowest BCUT2D eigenvalue weighted by atomic mass is 10.1. The molecule has 0 unspecified atom stereocenters. The second-order valence-electron chi connectivity index (χ2n) is 6.86. The van der Waals surface area contributed by atoms with Gasteiger partial charge < -0.3 is 15.6 Å². The molecule has 0 spiro atoms. The number of aliphatic hydroxyl groups is 1. The fourth-order valence-electron chi connectivity index (χ4n) is 3.22. The molecule has 1 atom stereocenters. The van der Waals surface area contributed by atoms with Crippen LogP contribution in [0.1, 0.15) is 24.5 Å². The minimum Gasteiger partial charge on any atom is -0.490 e. The van der Waals surface area contributed by atoms with E-state index < -0.39 is 11.9 Å². The average molecular weight is 410 g/mol. The second kappa shape index (κ2) is 8.46. The summed E-state index contributed by atoms with van der Waals surface area (Å²) in [6.07, 6.45) is 1.86. The Morgan fingerprint density at radius 3 is 2.70 bits per heavy atom. The predicted octanol–water partition coefficient (Wildman–Crippen LogP) is 4.15. The molecular weight excluding hydrogens is 390 g/mol. The van der Waals surface area contributed by atoms with E-state index >= 15 is 0 Å². The Kier molecular flexibility index (Phi) is 5.58. The molecule has 0 radical (unpaired) electrons. The van der Waals surface area contributed by atoms with Crippen LogP contribution in [0.25, 0.3) is 16.8 Å². The van der Waals surface area contributed by atoms with Gasteiger partial charge in [0.05, 0.1) is 12.7 Å². The number of hydrogen-bond donors (Lipinski definition) is 2. The van der Waals surface area contributed by atoms with Crippen molar-refractivity contribution < 1.29 is 18.6 Å². The number of nitrogens with zero attached hydrogens (tertiary/aromatic N) is 3. The highest BCUT2D eigenvalue weighted by atomic mass is 19.1. The number of anilines is 1. The van der Waals surface area contributed by atoms with Crippen molar-refractivity contribution in [3.63, 3.8) is 0 Å². The molecular formula is C22H20F2N4O2. The number of nitrogen functional groups attached to an aromatic ring is 1. The summed E-state index contributed by atoms with van der Waals surface area (Å²) in [5, 5.41) is 14.2. The lowest BCUT2D eigenvalue weighted by molar-refractivity contribution is 0.154. The molecule has 6 nitrogen and oxygen atoms in total. The number of hydrogen-bond acceptors (Lipinski definition) is 5. The zero-order valence-corrected chi connectivity index (χ0v) is 16.0. The number of aromatic nitrogens is 3. The summed E-state index contributed by atoms with van der Waals surface area (Å²) in [4.78, 5) is 4.09. The summed E-state index contributed by atoms with van der Waals surface area (Å²) >= 11 is 0. The van der Waals surface area contributed by atoms with Crippen LogP contribution in [0.5, 0.6) is 5.75 Å². The fourth-order valence-corrected chi connectivity index (χ4v) is 3.22. The van der Waals surface area contributed by atoms with Crippen molar-refractivity contribution in [2.75, 3.05) is 12.3 Å². The van der Waals surface area contributed by atoms with Gasteiger partial charge in [-0.2, -0.15) is 4.98 Å². The zero-order chi connectivity index (χ0) is 21.1. The number of fused-ring (bicyclic) bond motifs is 1. The van der Waals surface area contributed by atoms with Crippen LogP contribution in [0.3, 0.4) is 0 Å². The highest BCUT2D eigenvalue weighted by Crippen LogP contribution is 2.30. The summed E-state index contributed by atoms with van der Waals surface area (Å²) in [5.41, 5.74) is 7.75. The first kappa shape index (κ1) is 19.8. The molecule has 0 saturated carbocycles. The summed E-state index contributed by atoms with van der Waals surface area (Å²) in [5.74, 6) is -0.554. The van der Waals surface area contributed by atoms with Crippen LogP contribution >= 0.6 is 0 Å². The standard InChI is InChI=1S/C22H20F2N4O2/c23-16-8-6-14(7-9-16)18(29)4-2-12-30-19-5-1-3-17(21(19)24)15-10-11-28-20(13-15)26-22(25)27-28/h1,3,5-11,13,18,29H,2,4,12H2,(H2,25,27)/t18-/m1/s1.